The van der Waals surface area contributed by atoms with Crippen LogP contribution in [0.5, 0.6) is 5.75 Å². The summed E-state index contributed by atoms with van der Waals surface area (Å²) in [6.45, 7) is 4.96. The molecule has 7 nitrogen and oxygen atoms in total. The Kier molecular flexibility index (Phi) is 5.68. The summed E-state index contributed by atoms with van der Waals surface area (Å²) in [4.78, 5) is 41.1. The molecule has 0 saturated carbocycles. The van der Waals surface area contributed by atoms with E-state index in [-0.39, 0.29) is 23.6 Å². The van der Waals surface area contributed by atoms with Crippen LogP contribution in [0.3, 0.4) is 0 Å². The molecule has 2 atom stereocenters. The predicted octanol–water partition coefficient (Wildman–Crippen LogP) is 1.56. The van der Waals surface area contributed by atoms with Crippen molar-refractivity contribution < 1.29 is 19.1 Å². The molecule has 1 aromatic carbocycles. The lowest BCUT2D eigenvalue weighted by Crippen LogP contribution is -2.54. The van der Waals surface area contributed by atoms with Crippen LogP contribution in [0.4, 0.5) is 5.69 Å². The highest BCUT2D eigenvalue weighted by Crippen LogP contribution is 2.31. The quantitative estimate of drug-likeness (QED) is 0.821. The molecule has 2 unspecified atom stereocenters. The number of carbonyl (C=O) groups is 3. The summed E-state index contributed by atoms with van der Waals surface area (Å²) in [5.74, 6) is 0.218. The van der Waals surface area contributed by atoms with Crippen molar-refractivity contribution in [1.29, 1.82) is 0 Å². The summed E-state index contributed by atoms with van der Waals surface area (Å²) >= 11 is 0. The second-order valence-corrected chi connectivity index (χ2v) is 7.39. The molecule has 2 aliphatic heterocycles. The molecule has 146 valence electrons. The number of nitrogens with zero attached hydrogens (tertiary/aromatic N) is 2. The van der Waals surface area contributed by atoms with Gasteiger partial charge in [0.05, 0.1) is 12.8 Å². The molecule has 2 fully saturated rings. The van der Waals surface area contributed by atoms with Gasteiger partial charge in [-0.25, -0.2) is 0 Å². The largest absolute Gasteiger partial charge is 0.495 e. The lowest BCUT2D eigenvalue weighted by atomic mass is 10.0. The van der Waals surface area contributed by atoms with Gasteiger partial charge in [0.25, 0.3) is 0 Å². The molecule has 27 heavy (non-hydrogen) atoms. The molecule has 1 N–H and O–H groups in total. The van der Waals surface area contributed by atoms with E-state index >= 15 is 0 Å². The molecule has 3 amide bonds. The summed E-state index contributed by atoms with van der Waals surface area (Å²) < 4.78 is 5.35. The number of ether oxygens (including phenoxy) is 1. The standard InChI is InChI=1S/C20H27N3O4/c1-13(2)18(23-11-6-9-17(23)24)19(25)21-14-10-12-22(20(14)26)15-7-4-5-8-16(15)27-3/h4-5,7-8,13-14,18H,6,9-12H2,1-3H3,(H,21,25). The Morgan fingerprint density at radius 2 is 1.96 bits per heavy atom. The highest BCUT2D eigenvalue weighted by molar-refractivity contribution is 6.03. The van der Waals surface area contributed by atoms with Gasteiger partial charge in [0.1, 0.15) is 17.8 Å². The van der Waals surface area contributed by atoms with Crippen LogP contribution in [0, 0.1) is 5.92 Å². The molecule has 2 saturated heterocycles. The first-order valence-corrected chi connectivity index (χ1v) is 9.48. The number of rotatable bonds is 6. The van der Waals surface area contributed by atoms with Gasteiger partial charge in [0.2, 0.25) is 17.7 Å². The summed E-state index contributed by atoms with van der Waals surface area (Å²) in [7, 11) is 1.57. The van der Waals surface area contributed by atoms with Gasteiger partial charge >= 0.3 is 0 Å². The van der Waals surface area contributed by atoms with E-state index in [4.69, 9.17) is 4.74 Å². The lowest BCUT2D eigenvalue weighted by molar-refractivity contribution is -0.140. The third kappa shape index (κ3) is 3.77. The summed E-state index contributed by atoms with van der Waals surface area (Å²) in [6, 6.07) is 6.23. The Morgan fingerprint density at radius 3 is 2.59 bits per heavy atom. The van der Waals surface area contributed by atoms with Gasteiger partial charge in [0.15, 0.2) is 0 Å². The topological polar surface area (TPSA) is 79.0 Å². The SMILES string of the molecule is COc1ccccc1N1CCC(NC(=O)C(C(C)C)N2CCCC2=O)C1=O. The number of likely N-dealkylation sites (tertiary alicyclic amines) is 1. The summed E-state index contributed by atoms with van der Waals surface area (Å²) in [5, 5.41) is 2.88. The highest BCUT2D eigenvalue weighted by atomic mass is 16.5. The van der Waals surface area contributed by atoms with E-state index in [1.807, 2.05) is 38.1 Å². The minimum absolute atomic E-state index is 0.0113. The summed E-state index contributed by atoms with van der Waals surface area (Å²) in [5.41, 5.74) is 0.705. The van der Waals surface area contributed by atoms with E-state index in [9.17, 15) is 14.4 Å². The fourth-order valence-electron chi connectivity index (χ4n) is 3.93. The number of amides is 3. The third-order valence-electron chi connectivity index (χ3n) is 5.24. The minimum atomic E-state index is -0.582. The molecule has 1 aromatic rings. The molecule has 0 radical (unpaired) electrons. The zero-order chi connectivity index (χ0) is 19.6. The molecule has 7 heteroatoms. The van der Waals surface area contributed by atoms with Crippen LogP contribution in [-0.4, -0.2) is 54.9 Å². The predicted molar refractivity (Wildman–Crippen MR) is 101 cm³/mol. The van der Waals surface area contributed by atoms with E-state index in [1.54, 1.807) is 16.9 Å². The van der Waals surface area contributed by atoms with Gasteiger partial charge in [-0.15, -0.1) is 0 Å². The average molecular weight is 373 g/mol. The van der Waals surface area contributed by atoms with Gasteiger partial charge in [-0.3, -0.25) is 14.4 Å². The van der Waals surface area contributed by atoms with Gasteiger partial charge in [-0.2, -0.15) is 0 Å². The first-order valence-electron chi connectivity index (χ1n) is 9.48. The number of hydrogen-bond acceptors (Lipinski definition) is 4. The van der Waals surface area contributed by atoms with Crippen molar-refractivity contribution in [3.8, 4) is 5.75 Å². The molecule has 0 spiro atoms. The van der Waals surface area contributed by atoms with E-state index in [2.05, 4.69) is 5.32 Å². The van der Waals surface area contributed by atoms with Crippen LogP contribution in [0.25, 0.3) is 0 Å². The number of hydrogen-bond donors (Lipinski definition) is 1. The minimum Gasteiger partial charge on any atom is -0.495 e. The van der Waals surface area contributed by atoms with Crippen LogP contribution in [0.15, 0.2) is 24.3 Å². The van der Waals surface area contributed by atoms with Gasteiger partial charge < -0.3 is 19.9 Å². The monoisotopic (exact) mass is 373 g/mol. The van der Waals surface area contributed by atoms with Crippen molar-refractivity contribution in [2.24, 2.45) is 5.92 Å². The smallest absolute Gasteiger partial charge is 0.249 e. The number of anilines is 1. The van der Waals surface area contributed by atoms with E-state index in [0.29, 0.717) is 37.4 Å². The van der Waals surface area contributed by atoms with E-state index in [1.165, 1.54) is 0 Å². The summed E-state index contributed by atoms with van der Waals surface area (Å²) in [6.07, 6.45) is 1.79. The molecule has 3 rings (SSSR count). The van der Waals surface area contributed by atoms with Crippen molar-refractivity contribution in [1.82, 2.24) is 10.2 Å². The van der Waals surface area contributed by atoms with Crippen molar-refractivity contribution in [2.75, 3.05) is 25.1 Å². The first-order chi connectivity index (χ1) is 12.9. The maximum Gasteiger partial charge on any atom is 0.249 e. The second kappa shape index (κ2) is 7.98. The van der Waals surface area contributed by atoms with E-state index in [0.717, 1.165) is 6.42 Å². The number of para-hydroxylation sites is 2. The van der Waals surface area contributed by atoms with Crippen molar-refractivity contribution >= 4 is 23.4 Å². The Balaban J connectivity index is 1.71. The maximum atomic E-state index is 12.9. The number of nitrogens with one attached hydrogen (secondary N) is 1. The maximum absolute atomic E-state index is 12.9. The van der Waals surface area contributed by atoms with Gasteiger partial charge in [-0.1, -0.05) is 26.0 Å². The molecule has 0 aliphatic carbocycles. The van der Waals surface area contributed by atoms with Crippen molar-refractivity contribution in [3.63, 3.8) is 0 Å². The fraction of sp³-hybridized carbons (Fsp3) is 0.550. The lowest BCUT2D eigenvalue weighted by Gasteiger charge is -2.30. The molecule has 0 aromatic heterocycles. The number of benzene rings is 1. The fourth-order valence-corrected chi connectivity index (χ4v) is 3.93. The average Bonchev–Trinajstić information content (AvgIpc) is 3.21. The van der Waals surface area contributed by atoms with Crippen LogP contribution in [-0.2, 0) is 14.4 Å². The Labute approximate surface area is 159 Å². The normalized spacial score (nSPS) is 21.1. The van der Waals surface area contributed by atoms with Crippen LogP contribution < -0.4 is 15.0 Å². The first kappa shape index (κ1) is 19.2. The Hall–Kier alpha value is -2.57. The molecule has 2 heterocycles. The molecule has 2 aliphatic rings. The van der Waals surface area contributed by atoms with E-state index < -0.39 is 12.1 Å². The number of carbonyl (C=O) groups excluding carboxylic acids is 3. The Morgan fingerprint density at radius 1 is 1.22 bits per heavy atom. The zero-order valence-corrected chi connectivity index (χ0v) is 16.1. The molecular weight excluding hydrogens is 346 g/mol. The zero-order valence-electron chi connectivity index (χ0n) is 16.1. The van der Waals surface area contributed by atoms with Gasteiger partial charge in [-0.05, 0) is 30.9 Å². The van der Waals surface area contributed by atoms with Crippen LogP contribution in [0.1, 0.15) is 33.1 Å². The van der Waals surface area contributed by atoms with Crippen LogP contribution >= 0.6 is 0 Å². The molecule has 0 bridgehead atoms. The van der Waals surface area contributed by atoms with Crippen molar-refractivity contribution in [3.05, 3.63) is 24.3 Å². The van der Waals surface area contributed by atoms with Gasteiger partial charge in [0, 0.05) is 19.5 Å². The van der Waals surface area contributed by atoms with Crippen LogP contribution in [0.2, 0.25) is 0 Å². The highest BCUT2D eigenvalue weighted by Gasteiger charge is 2.39. The third-order valence-corrected chi connectivity index (χ3v) is 5.24. The second-order valence-electron chi connectivity index (χ2n) is 7.39. The Bertz CT molecular complexity index is 734. The molecular formula is C20H27N3O4. The van der Waals surface area contributed by atoms with Crippen molar-refractivity contribution in [2.45, 2.75) is 45.2 Å². The number of methoxy groups -OCH3 is 1.